The molecule has 0 bridgehead atoms. The predicted octanol–water partition coefficient (Wildman–Crippen LogP) is 2.03. The van der Waals surface area contributed by atoms with Gasteiger partial charge in [-0.3, -0.25) is 0 Å². The highest BCUT2D eigenvalue weighted by Gasteiger charge is 2.40. The summed E-state index contributed by atoms with van der Waals surface area (Å²) < 4.78 is 0. The molecule has 2 saturated carbocycles. The first-order valence-corrected chi connectivity index (χ1v) is 4.94. The van der Waals surface area contributed by atoms with Gasteiger partial charge in [0.1, 0.15) is 0 Å². The van der Waals surface area contributed by atoms with Crippen molar-refractivity contribution in [2.24, 2.45) is 17.8 Å². The molecule has 11 heavy (non-hydrogen) atoms. The van der Waals surface area contributed by atoms with Crippen LogP contribution in [0.1, 0.15) is 33.6 Å². The molecule has 1 nitrogen and oxygen atoms in total. The lowest BCUT2D eigenvalue weighted by Crippen LogP contribution is -2.49. The predicted molar refractivity (Wildman–Crippen MR) is 47.4 cm³/mol. The Morgan fingerprint density at radius 3 is 1.82 bits per heavy atom. The lowest BCUT2D eigenvalue weighted by molar-refractivity contribution is 0.135. The van der Waals surface area contributed by atoms with Crippen molar-refractivity contribution in [2.75, 3.05) is 0 Å². The van der Waals surface area contributed by atoms with Crippen molar-refractivity contribution in [3.05, 3.63) is 0 Å². The van der Waals surface area contributed by atoms with E-state index in [-0.39, 0.29) is 0 Å². The zero-order valence-corrected chi connectivity index (χ0v) is 7.80. The van der Waals surface area contributed by atoms with Crippen LogP contribution < -0.4 is 5.32 Å². The van der Waals surface area contributed by atoms with Gasteiger partial charge in [-0.1, -0.05) is 20.8 Å². The number of hydrogen-bond acceptors (Lipinski definition) is 1. The van der Waals surface area contributed by atoms with E-state index in [4.69, 9.17) is 0 Å². The maximum atomic E-state index is 3.72. The smallest absolute Gasteiger partial charge is 0.0101 e. The number of hydrogen-bond donors (Lipinski definition) is 1. The highest BCUT2D eigenvalue weighted by molar-refractivity contribution is 4.97. The van der Waals surface area contributed by atoms with Gasteiger partial charge in [0.25, 0.3) is 0 Å². The van der Waals surface area contributed by atoms with E-state index in [1.165, 1.54) is 12.8 Å². The maximum absolute atomic E-state index is 3.72. The maximum Gasteiger partial charge on any atom is 0.0101 e. The Labute approximate surface area is 69.6 Å². The fourth-order valence-corrected chi connectivity index (χ4v) is 2.08. The molecule has 0 aromatic carbocycles. The third-order valence-corrected chi connectivity index (χ3v) is 3.70. The van der Waals surface area contributed by atoms with Gasteiger partial charge in [-0.05, 0) is 30.6 Å². The second-order valence-corrected chi connectivity index (χ2v) is 4.66. The van der Waals surface area contributed by atoms with Crippen molar-refractivity contribution in [1.29, 1.82) is 0 Å². The third-order valence-electron chi connectivity index (χ3n) is 3.70. The highest BCUT2D eigenvalue weighted by atomic mass is 15.0. The average molecular weight is 153 g/mol. The summed E-state index contributed by atoms with van der Waals surface area (Å²) in [6, 6.07) is 1.72. The molecule has 2 fully saturated rings. The Morgan fingerprint density at radius 2 is 1.45 bits per heavy atom. The second-order valence-electron chi connectivity index (χ2n) is 4.66. The molecule has 5 unspecified atom stereocenters. The van der Waals surface area contributed by atoms with Crippen LogP contribution in [0.15, 0.2) is 0 Å². The van der Waals surface area contributed by atoms with E-state index in [9.17, 15) is 0 Å². The molecule has 0 aromatic heterocycles. The van der Waals surface area contributed by atoms with Crippen molar-refractivity contribution < 1.29 is 0 Å². The van der Waals surface area contributed by atoms with Gasteiger partial charge >= 0.3 is 0 Å². The zero-order valence-electron chi connectivity index (χ0n) is 7.80. The van der Waals surface area contributed by atoms with Crippen molar-refractivity contribution >= 4 is 0 Å². The van der Waals surface area contributed by atoms with Crippen LogP contribution in [0.3, 0.4) is 0 Å². The summed E-state index contributed by atoms with van der Waals surface area (Å²) >= 11 is 0. The minimum Gasteiger partial charge on any atom is -0.311 e. The van der Waals surface area contributed by atoms with Crippen LogP contribution in [0.2, 0.25) is 0 Å². The highest BCUT2D eigenvalue weighted by Crippen LogP contribution is 2.38. The standard InChI is InChI=1S/C10H19N/c1-6-4-10(8(6)3)11-9-5-7(9)2/h6-11H,4-5H2,1-3H3. The molecule has 64 valence electrons. The SMILES string of the molecule is CC1CC1NC1CC(C)C1C. The molecule has 1 heteroatoms. The molecule has 5 atom stereocenters. The van der Waals surface area contributed by atoms with Crippen LogP contribution in [0.5, 0.6) is 0 Å². The van der Waals surface area contributed by atoms with Crippen LogP contribution in [0, 0.1) is 17.8 Å². The molecule has 0 amide bonds. The lowest BCUT2D eigenvalue weighted by atomic mass is 9.71. The van der Waals surface area contributed by atoms with Gasteiger partial charge < -0.3 is 5.32 Å². The fraction of sp³-hybridized carbons (Fsp3) is 1.00. The van der Waals surface area contributed by atoms with Crippen LogP contribution in [-0.2, 0) is 0 Å². The average Bonchev–Trinajstić information content (AvgIpc) is 2.66. The summed E-state index contributed by atoms with van der Waals surface area (Å²) in [7, 11) is 0. The quantitative estimate of drug-likeness (QED) is 0.640. The Balaban J connectivity index is 1.73. The molecular weight excluding hydrogens is 134 g/mol. The van der Waals surface area contributed by atoms with Crippen molar-refractivity contribution in [2.45, 2.75) is 45.7 Å². The van der Waals surface area contributed by atoms with E-state index in [2.05, 4.69) is 26.1 Å². The number of rotatable bonds is 2. The van der Waals surface area contributed by atoms with Gasteiger partial charge in [0, 0.05) is 12.1 Å². The van der Waals surface area contributed by atoms with E-state index in [0.29, 0.717) is 0 Å². The molecule has 2 aliphatic carbocycles. The van der Waals surface area contributed by atoms with E-state index >= 15 is 0 Å². The van der Waals surface area contributed by atoms with Crippen LogP contribution in [0.4, 0.5) is 0 Å². The van der Waals surface area contributed by atoms with E-state index in [1.807, 2.05) is 0 Å². The molecule has 0 spiro atoms. The molecular formula is C10H19N. The molecule has 0 saturated heterocycles. The van der Waals surface area contributed by atoms with Crippen molar-refractivity contribution in [3.8, 4) is 0 Å². The van der Waals surface area contributed by atoms with Crippen LogP contribution in [0.25, 0.3) is 0 Å². The lowest BCUT2D eigenvalue weighted by Gasteiger charge is -2.41. The normalized spacial score (nSPS) is 55.4. The van der Waals surface area contributed by atoms with Gasteiger partial charge in [-0.2, -0.15) is 0 Å². The first-order valence-electron chi connectivity index (χ1n) is 4.94. The van der Waals surface area contributed by atoms with E-state index < -0.39 is 0 Å². The minimum absolute atomic E-state index is 0.847. The third kappa shape index (κ3) is 1.31. The van der Waals surface area contributed by atoms with Crippen LogP contribution in [-0.4, -0.2) is 12.1 Å². The Hall–Kier alpha value is -0.0400. The molecule has 0 aromatic rings. The van der Waals surface area contributed by atoms with Gasteiger partial charge in [0.15, 0.2) is 0 Å². The summed E-state index contributed by atoms with van der Waals surface area (Å²) in [6.07, 6.45) is 2.82. The Bertz CT molecular complexity index is 155. The topological polar surface area (TPSA) is 12.0 Å². The summed E-state index contributed by atoms with van der Waals surface area (Å²) in [5, 5.41) is 3.72. The Morgan fingerprint density at radius 1 is 0.909 bits per heavy atom. The van der Waals surface area contributed by atoms with Gasteiger partial charge in [0.05, 0.1) is 0 Å². The Kier molecular flexibility index (Phi) is 1.71. The van der Waals surface area contributed by atoms with Crippen molar-refractivity contribution in [3.63, 3.8) is 0 Å². The summed E-state index contributed by atoms with van der Waals surface area (Å²) in [5.41, 5.74) is 0. The second kappa shape index (κ2) is 2.48. The summed E-state index contributed by atoms with van der Waals surface area (Å²) in [6.45, 7) is 7.07. The molecule has 2 rings (SSSR count). The first-order chi connectivity index (χ1) is 5.18. The molecule has 0 radical (unpaired) electrons. The minimum atomic E-state index is 0.847. The molecule has 0 heterocycles. The summed E-state index contributed by atoms with van der Waals surface area (Å²) in [4.78, 5) is 0. The number of nitrogens with one attached hydrogen (secondary N) is 1. The van der Waals surface area contributed by atoms with Crippen molar-refractivity contribution in [1.82, 2.24) is 5.32 Å². The fourth-order valence-electron chi connectivity index (χ4n) is 2.08. The zero-order chi connectivity index (χ0) is 8.01. The molecule has 2 aliphatic rings. The molecule has 1 N–H and O–H groups in total. The van der Waals surface area contributed by atoms with Gasteiger partial charge in [0.2, 0.25) is 0 Å². The summed E-state index contributed by atoms with van der Waals surface area (Å²) in [5.74, 6) is 2.84. The van der Waals surface area contributed by atoms with Gasteiger partial charge in [-0.15, -0.1) is 0 Å². The van der Waals surface area contributed by atoms with E-state index in [1.54, 1.807) is 0 Å². The largest absolute Gasteiger partial charge is 0.311 e. The van der Waals surface area contributed by atoms with E-state index in [0.717, 1.165) is 29.8 Å². The molecule has 0 aliphatic heterocycles. The van der Waals surface area contributed by atoms with Crippen LogP contribution >= 0.6 is 0 Å². The first kappa shape index (κ1) is 7.60. The monoisotopic (exact) mass is 153 g/mol. The van der Waals surface area contributed by atoms with Gasteiger partial charge in [-0.25, -0.2) is 0 Å².